The molecule has 24 atom stereocenters. The van der Waals surface area contributed by atoms with Gasteiger partial charge >= 0.3 is 11.9 Å². The van der Waals surface area contributed by atoms with Crippen LogP contribution in [0.1, 0.15) is 114 Å². The topological polar surface area (TPSA) is 265 Å². The van der Waals surface area contributed by atoms with E-state index in [4.69, 9.17) is 47.4 Å². The second kappa shape index (κ2) is 21.8. The number of fused-ring (bicyclic) bond motifs is 5. The zero-order valence-corrected chi connectivity index (χ0v) is 42.6. The molecule has 0 bridgehead atoms. The molecule has 19 nitrogen and oxygen atoms in total. The molecule has 6 N–H and O–H groups in total. The van der Waals surface area contributed by atoms with Gasteiger partial charge in [0, 0.05) is 49.0 Å². The summed E-state index contributed by atoms with van der Waals surface area (Å²) in [5.74, 6) is -2.55. The zero-order chi connectivity index (χ0) is 51.4. The van der Waals surface area contributed by atoms with Crippen molar-refractivity contribution in [1.29, 1.82) is 0 Å². The number of carbonyl (C=O) groups excluding carboxylic acids is 3. The van der Waals surface area contributed by atoms with Gasteiger partial charge < -0.3 is 78.0 Å². The quantitative estimate of drug-likeness (QED) is 0.0830. The Balaban J connectivity index is 1.05. The van der Waals surface area contributed by atoms with Crippen LogP contribution < -0.4 is 0 Å². The maximum Gasteiger partial charge on any atom is 0.333 e. The molecule has 398 valence electrons. The molecule has 19 heteroatoms. The number of esters is 2. The summed E-state index contributed by atoms with van der Waals surface area (Å²) in [6, 6.07) is 0. The van der Waals surface area contributed by atoms with Crippen LogP contribution >= 0.6 is 0 Å². The van der Waals surface area contributed by atoms with Gasteiger partial charge in [0.2, 0.25) is 0 Å². The first-order valence-corrected chi connectivity index (χ1v) is 25.3. The molecular weight excluding hydrogens is 917 g/mol. The number of aliphatic hydroxyl groups is 6. The third kappa shape index (κ3) is 9.72. The highest BCUT2D eigenvalue weighted by Gasteiger charge is 2.76. The normalized spacial score (nSPS) is 48.7. The lowest BCUT2D eigenvalue weighted by molar-refractivity contribution is -0.371. The van der Waals surface area contributed by atoms with Gasteiger partial charge in [-0.25, -0.2) is 9.59 Å². The molecule has 0 aromatic heterocycles. The molecule has 0 amide bonds. The average molecular weight is 997 g/mol. The number of methoxy groups -OCH3 is 2. The predicted octanol–water partition coefficient (Wildman–Crippen LogP) is 2.55. The van der Waals surface area contributed by atoms with E-state index in [1.54, 1.807) is 53.9 Å². The van der Waals surface area contributed by atoms with Crippen LogP contribution in [0.2, 0.25) is 0 Å². The lowest BCUT2D eigenvalue weighted by Crippen LogP contribution is -2.73. The zero-order valence-electron chi connectivity index (χ0n) is 42.6. The Morgan fingerprint density at radius 3 is 1.93 bits per heavy atom. The van der Waals surface area contributed by atoms with Crippen LogP contribution in [-0.4, -0.2) is 179 Å². The minimum atomic E-state index is -1.67. The maximum absolute atomic E-state index is 13.9. The Morgan fingerprint density at radius 1 is 0.686 bits per heavy atom. The highest BCUT2D eigenvalue weighted by molar-refractivity contribution is 5.89. The van der Waals surface area contributed by atoms with Gasteiger partial charge in [0.05, 0.1) is 36.6 Å². The third-order valence-electron chi connectivity index (χ3n) is 18.0. The summed E-state index contributed by atoms with van der Waals surface area (Å²) in [7, 11) is 2.92. The van der Waals surface area contributed by atoms with Crippen molar-refractivity contribution in [3.63, 3.8) is 0 Å². The van der Waals surface area contributed by atoms with E-state index in [0.29, 0.717) is 49.7 Å². The molecule has 4 aliphatic carbocycles. The fourth-order valence-corrected chi connectivity index (χ4v) is 13.7. The molecule has 4 saturated carbocycles. The van der Waals surface area contributed by atoms with Crippen molar-refractivity contribution in [3.8, 4) is 0 Å². The van der Waals surface area contributed by atoms with Crippen LogP contribution in [0, 0.1) is 34.5 Å². The minimum absolute atomic E-state index is 0.0626. The third-order valence-corrected chi connectivity index (χ3v) is 18.0. The summed E-state index contributed by atoms with van der Waals surface area (Å²) >= 11 is 0. The van der Waals surface area contributed by atoms with Crippen molar-refractivity contribution in [3.05, 3.63) is 23.3 Å². The van der Waals surface area contributed by atoms with Gasteiger partial charge in [0.25, 0.3) is 0 Å². The fourth-order valence-electron chi connectivity index (χ4n) is 13.7. The van der Waals surface area contributed by atoms with Crippen LogP contribution in [-0.2, 0) is 61.8 Å². The molecule has 70 heavy (non-hydrogen) atoms. The maximum atomic E-state index is 13.9. The highest BCUT2D eigenvalue weighted by Crippen LogP contribution is 2.70. The number of hydrogen-bond acceptors (Lipinski definition) is 19. The van der Waals surface area contributed by atoms with Gasteiger partial charge in [-0.3, -0.25) is 4.79 Å². The number of rotatable bonds is 14. The van der Waals surface area contributed by atoms with Crippen LogP contribution in [0.15, 0.2) is 23.3 Å². The van der Waals surface area contributed by atoms with E-state index in [-0.39, 0.29) is 30.1 Å². The molecule has 7 rings (SSSR count). The minimum Gasteiger partial charge on any atom is -0.455 e. The molecule has 0 unspecified atom stereocenters. The van der Waals surface area contributed by atoms with Crippen LogP contribution in [0.5, 0.6) is 0 Å². The predicted molar refractivity (Wildman–Crippen MR) is 246 cm³/mol. The van der Waals surface area contributed by atoms with Crippen molar-refractivity contribution in [2.24, 2.45) is 34.5 Å². The number of aliphatic hydroxyl groups excluding tert-OH is 5. The fraction of sp³-hybridized carbons (Fsp3) is 0.863. The number of hydrogen-bond donors (Lipinski definition) is 6. The first-order valence-electron chi connectivity index (χ1n) is 25.3. The van der Waals surface area contributed by atoms with Crippen LogP contribution in [0.3, 0.4) is 0 Å². The summed E-state index contributed by atoms with van der Waals surface area (Å²) in [6.07, 6.45) is -10.3. The van der Waals surface area contributed by atoms with Gasteiger partial charge in [-0.1, -0.05) is 26.0 Å². The molecule has 7 aliphatic rings. The van der Waals surface area contributed by atoms with E-state index >= 15 is 0 Å². The van der Waals surface area contributed by atoms with Crippen molar-refractivity contribution in [2.45, 2.75) is 224 Å². The molecule has 0 spiro atoms. The van der Waals surface area contributed by atoms with E-state index < -0.39 is 145 Å². The van der Waals surface area contributed by atoms with Gasteiger partial charge in [-0.05, 0) is 111 Å². The van der Waals surface area contributed by atoms with E-state index in [1.165, 1.54) is 14.0 Å². The highest BCUT2D eigenvalue weighted by atomic mass is 16.8. The summed E-state index contributed by atoms with van der Waals surface area (Å²) in [4.78, 5) is 41.1. The van der Waals surface area contributed by atoms with Gasteiger partial charge in [0.15, 0.2) is 18.9 Å². The van der Waals surface area contributed by atoms with Crippen molar-refractivity contribution >= 4 is 17.7 Å². The van der Waals surface area contributed by atoms with Gasteiger partial charge in [-0.2, -0.15) is 0 Å². The second-order valence-electron chi connectivity index (χ2n) is 21.6. The van der Waals surface area contributed by atoms with Crippen molar-refractivity contribution < 1.29 is 92.4 Å². The molecule has 3 aliphatic heterocycles. The molecule has 0 radical (unpaired) electrons. The Labute approximate surface area is 411 Å². The Kier molecular flexibility index (Phi) is 17.2. The van der Waals surface area contributed by atoms with E-state index in [1.807, 2.05) is 13.8 Å². The Hall–Kier alpha value is -2.47. The van der Waals surface area contributed by atoms with Crippen LogP contribution in [0.4, 0.5) is 0 Å². The second-order valence-corrected chi connectivity index (χ2v) is 21.6. The van der Waals surface area contributed by atoms with E-state index in [9.17, 15) is 45.0 Å². The molecule has 7 fully saturated rings. The summed E-state index contributed by atoms with van der Waals surface area (Å²) < 4.78 is 62.0. The number of ether oxygens (including phenoxy) is 10. The van der Waals surface area contributed by atoms with Gasteiger partial charge in [-0.15, -0.1) is 0 Å². The first kappa shape index (κ1) is 55.3. The SMILES string of the molecule is C/C=C(\C)C(=O)O[C@H]1[C@H]2[C@@H](CC[C@H]3C[C@@H](O[C@H]4C[C@@H](OC)[C@H](O[C@@H]5O[C@H](C)[C@@H](O[C@@H]6O[C@H](CO)[C@@H](O)[C@H](O)[C@H]6O)[C@@H](OC)[C@H]5O)[C@@H](C)O4)CC[C@@]32C)[C@@]2(O)CC[C@@H](C(C)=O)[C@@]2(C)[C@@H]1OC(=O)/C(C)=C/C. The van der Waals surface area contributed by atoms with E-state index in [0.717, 1.165) is 6.42 Å². The first-order chi connectivity index (χ1) is 33.0. The standard InChI is InChI=1S/C51H80O19/c1-12-23(3)45(58)67-42-35-31(51(60)19-17-30(25(5)53)50(51,9)44(42)70-46(59)24(4)13-2)15-14-28-20-29(16-18-49(28,35)8)65-34-21-32(61-10)40(26(6)63-34)68-48-39(57)43(62-11)41(27(7)64-48)69-47-38(56)37(55)36(54)33(22-52)66-47/h12-13,26-44,47-48,52,54-57,60H,14-22H2,1-11H3/b23-12+,24-13+/t26-,27-,28+,29+,30+,31-,32-,33-,34+,35-,36-,37+,38-,39-,40-,41-,42+,43+,44-,47+,48+,49+,50+,51+/m1/s1. The van der Waals surface area contributed by atoms with Crippen molar-refractivity contribution in [1.82, 2.24) is 0 Å². The monoisotopic (exact) mass is 997 g/mol. The molecule has 3 saturated heterocycles. The summed E-state index contributed by atoms with van der Waals surface area (Å²) in [5.41, 5.74) is -2.34. The summed E-state index contributed by atoms with van der Waals surface area (Å²) in [5, 5.41) is 65.6. The Morgan fingerprint density at radius 2 is 1.31 bits per heavy atom. The number of allylic oxidation sites excluding steroid dienone is 2. The number of carbonyl (C=O) groups is 3. The molecule has 3 heterocycles. The number of Topliss-reactive ketones (excluding diaryl/α,β-unsaturated/α-hetero) is 1. The van der Waals surface area contributed by atoms with Crippen LogP contribution in [0.25, 0.3) is 0 Å². The van der Waals surface area contributed by atoms with Gasteiger partial charge in [0.1, 0.15) is 66.8 Å². The largest absolute Gasteiger partial charge is 0.455 e. The van der Waals surface area contributed by atoms with Crippen molar-refractivity contribution in [2.75, 3.05) is 20.8 Å². The average Bonchev–Trinajstić information content (AvgIpc) is 3.62. The molecule has 0 aromatic rings. The van der Waals surface area contributed by atoms with E-state index in [2.05, 4.69) is 6.92 Å². The number of ketones is 1. The molecule has 0 aromatic carbocycles. The lowest BCUT2D eigenvalue weighted by Gasteiger charge is -2.66. The smallest absolute Gasteiger partial charge is 0.333 e. The molecular formula is C51H80O19. The Bertz CT molecular complexity index is 1930. The lowest BCUT2D eigenvalue weighted by atomic mass is 9.41. The summed E-state index contributed by atoms with van der Waals surface area (Å²) in [6.45, 7) is 15.2.